The van der Waals surface area contributed by atoms with E-state index in [1.165, 1.54) is 18.1 Å². The second kappa shape index (κ2) is 7.11. The zero-order valence-electron chi connectivity index (χ0n) is 9.00. The average molecular weight is 304 g/mol. The molecule has 0 unspecified atom stereocenters. The van der Waals surface area contributed by atoms with E-state index in [2.05, 4.69) is 67.7 Å². The van der Waals surface area contributed by atoms with E-state index in [-0.39, 0.29) is 4.26 Å². The molecule has 0 saturated carbocycles. The molecule has 0 saturated heterocycles. The Morgan fingerprint density at radius 2 is 1.06 bits per heavy atom. The van der Waals surface area contributed by atoms with Crippen LogP contribution < -0.4 is 0 Å². The summed E-state index contributed by atoms with van der Waals surface area (Å²) in [7, 11) is 0. The van der Waals surface area contributed by atoms with E-state index >= 15 is 0 Å². The molecule has 0 bridgehead atoms. The molecule has 2 rings (SSSR count). The Morgan fingerprint density at radius 3 is 1.31 bits per heavy atom. The summed E-state index contributed by atoms with van der Waals surface area (Å²) in [5, 5.41) is 0. The first-order valence-electron chi connectivity index (χ1n) is 4.93. The maximum absolute atomic E-state index is 9.38. The topological polar surface area (TPSA) is 17.1 Å². The van der Waals surface area contributed by atoms with Crippen LogP contribution in [0.2, 0.25) is 0 Å². The number of rotatable bonds is 1. The molecule has 0 aromatic heterocycles. The van der Waals surface area contributed by atoms with Crippen LogP contribution in [0.1, 0.15) is 6.92 Å². The predicted molar refractivity (Wildman–Crippen MR) is 62.6 cm³/mol. The Hall–Kier alpha value is -1.23. The summed E-state index contributed by atoms with van der Waals surface area (Å²) < 4.78 is 0.0167. The van der Waals surface area contributed by atoms with Crippen molar-refractivity contribution in [1.82, 2.24) is 0 Å². The first-order valence-corrected chi connectivity index (χ1v) is 5.71. The van der Waals surface area contributed by atoms with E-state index in [4.69, 9.17) is 0 Å². The third-order valence-corrected chi connectivity index (χ3v) is 1.88. The van der Waals surface area contributed by atoms with Gasteiger partial charge in [-0.05, 0) is 11.1 Å². The molecule has 0 fully saturated rings. The third-order valence-electron chi connectivity index (χ3n) is 1.88. The second-order valence-corrected chi connectivity index (χ2v) is 4.25. The van der Waals surface area contributed by atoms with Crippen LogP contribution in [0.25, 0.3) is 11.1 Å². The van der Waals surface area contributed by atoms with Crippen LogP contribution in [0.15, 0.2) is 60.7 Å². The third kappa shape index (κ3) is 5.02. The standard InChI is InChI=1S/C12H10.C2H3O.Pd/c1-3-7-11(8-4-1)12-9-5-2-6-10-12;1-2-3;/h1-10H;1H3;. The number of benzene rings is 2. The minimum atomic E-state index is 0.0167. The molecule has 2 aromatic carbocycles. The van der Waals surface area contributed by atoms with E-state index in [1.807, 2.05) is 12.1 Å². The minimum absolute atomic E-state index is 0.0167. The van der Waals surface area contributed by atoms with Crippen LogP contribution in [-0.4, -0.2) is 4.26 Å². The van der Waals surface area contributed by atoms with Crippen LogP contribution >= 0.6 is 0 Å². The Balaban J connectivity index is 0.000000280. The quantitative estimate of drug-likeness (QED) is 0.738. The van der Waals surface area contributed by atoms with Gasteiger partial charge in [0.25, 0.3) is 0 Å². The van der Waals surface area contributed by atoms with Crippen molar-refractivity contribution >= 4 is 4.26 Å². The Bertz CT molecular complexity index is 382. The fourth-order valence-electron chi connectivity index (χ4n) is 1.26. The van der Waals surface area contributed by atoms with Crippen LogP contribution in [0.3, 0.4) is 0 Å². The van der Waals surface area contributed by atoms with Gasteiger partial charge in [-0.2, -0.15) is 0 Å². The first-order chi connectivity index (χ1) is 7.70. The summed E-state index contributed by atoms with van der Waals surface area (Å²) in [6.45, 7) is 1.46. The molecule has 0 aliphatic rings. The Morgan fingerprint density at radius 1 is 0.812 bits per heavy atom. The maximum atomic E-state index is 9.38. The van der Waals surface area contributed by atoms with Gasteiger partial charge in [-0.15, -0.1) is 0 Å². The predicted octanol–water partition coefficient (Wildman–Crippen LogP) is 3.43. The largest absolute Gasteiger partial charge is 0.0622 e. The first kappa shape index (κ1) is 12.8. The SMILES string of the molecule is C[C](=O)[Pd].c1ccc(-c2ccccc2)cc1. The van der Waals surface area contributed by atoms with Crippen LogP contribution in [0, 0.1) is 0 Å². The number of carbonyl (C=O) groups excluding carboxylic acids is 1. The van der Waals surface area contributed by atoms with Crippen molar-refractivity contribution in [3.8, 4) is 11.1 Å². The molecule has 0 radical (unpaired) electrons. The second-order valence-electron chi connectivity index (χ2n) is 3.16. The van der Waals surface area contributed by atoms with Crippen molar-refractivity contribution in [2.45, 2.75) is 6.92 Å². The minimum Gasteiger partial charge on any atom is -0.0622 e. The fraction of sp³-hybridized carbons (Fsp3) is 0.0714. The van der Waals surface area contributed by atoms with E-state index in [0.717, 1.165) is 0 Å². The molecule has 0 atom stereocenters. The number of carbonyl (C=O) groups is 1. The molecule has 0 heterocycles. The average Bonchev–Trinajstić information content (AvgIpc) is 2.31. The molecule has 0 spiro atoms. The van der Waals surface area contributed by atoms with Crippen molar-refractivity contribution in [1.29, 1.82) is 0 Å². The van der Waals surface area contributed by atoms with Gasteiger partial charge in [-0.25, -0.2) is 0 Å². The van der Waals surface area contributed by atoms with Gasteiger partial charge in [-0.3, -0.25) is 0 Å². The molecular weight excluding hydrogens is 291 g/mol. The van der Waals surface area contributed by atoms with Crippen molar-refractivity contribution < 1.29 is 24.0 Å². The summed E-state index contributed by atoms with van der Waals surface area (Å²) in [5.74, 6) is 0. The van der Waals surface area contributed by atoms with E-state index in [0.29, 0.717) is 0 Å². The van der Waals surface area contributed by atoms with Crippen LogP contribution in [0.5, 0.6) is 0 Å². The van der Waals surface area contributed by atoms with Gasteiger partial charge in [0.1, 0.15) is 0 Å². The van der Waals surface area contributed by atoms with Gasteiger partial charge in [0.15, 0.2) is 0 Å². The summed E-state index contributed by atoms with van der Waals surface area (Å²) in [6, 6.07) is 20.8. The van der Waals surface area contributed by atoms with Gasteiger partial charge < -0.3 is 0 Å². The molecule has 85 valence electrons. The van der Waals surface area contributed by atoms with Crippen molar-refractivity contribution in [3.63, 3.8) is 0 Å². The molecule has 2 heteroatoms. The van der Waals surface area contributed by atoms with Crippen LogP contribution in [-0.2, 0) is 24.0 Å². The molecule has 1 nitrogen and oxygen atoms in total. The van der Waals surface area contributed by atoms with E-state index in [1.54, 1.807) is 0 Å². The normalized spacial score (nSPS) is 8.94. The molecule has 0 amide bonds. The van der Waals surface area contributed by atoms with E-state index in [9.17, 15) is 4.79 Å². The molecule has 0 aliphatic heterocycles. The van der Waals surface area contributed by atoms with Gasteiger partial charge in [0, 0.05) is 0 Å². The van der Waals surface area contributed by atoms with Gasteiger partial charge in [0.2, 0.25) is 0 Å². The van der Waals surface area contributed by atoms with Crippen LogP contribution in [0.4, 0.5) is 0 Å². The number of hydrogen-bond donors (Lipinski definition) is 0. The summed E-state index contributed by atoms with van der Waals surface area (Å²) in [6.07, 6.45) is 0. The molecular formula is C14H13OPd. The Kier molecular flexibility index (Phi) is 5.71. The zero-order chi connectivity index (χ0) is 11.8. The van der Waals surface area contributed by atoms with Gasteiger partial charge >= 0.3 is 35.2 Å². The smallest absolute Gasteiger partial charge is 0.0184 e. The maximum Gasteiger partial charge on any atom is -0.0184 e. The van der Waals surface area contributed by atoms with E-state index < -0.39 is 0 Å². The summed E-state index contributed by atoms with van der Waals surface area (Å²) >= 11 is 2.41. The monoisotopic (exact) mass is 303 g/mol. The molecule has 0 aliphatic carbocycles. The number of hydrogen-bond acceptors (Lipinski definition) is 1. The Labute approximate surface area is 107 Å². The molecule has 16 heavy (non-hydrogen) atoms. The van der Waals surface area contributed by atoms with Crippen molar-refractivity contribution in [3.05, 3.63) is 60.7 Å². The molecule has 0 N–H and O–H groups in total. The fourth-order valence-corrected chi connectivity index (χ4v) is 1.26. The van der Waals surface area contributed by atoms with Gasteiger partial charge in [-0.1, -0.05) is 60.7 Å². The summed E-state index contributed by atoms with van der Waals surface area (Å²) in [5.41, 5.74) is 2.55. The zero-order valence-corrected chi connectivity index (χ0v) is 10.6. The molecule has 2 aromatic rings. The van der Waals surface area contributed by atoms with Gasteiger partial charge in [0.05, 0.1) is 0 Å². The van der Waals surface area contributed by atoms with Crippen molar-refractivity contribution in [2.75, 3.05) is 0 Å². The summed E-state index contributed by atoms with van der Waals surface area (Å²) in [4.78, 5) is 9.38. The van der Waals surface area contributed by atoms with Crippen molar-refractivity contribution in [2.24, 2.45) is 0 Å².